The van der Waals surface area contributed by atoms with Crippen molar-refractivity contribution in [1.29, 1.82) is 0 Å². The summed E-state index contributed by atoms with van der Waals surface area (Å²) in [5, 5.41) is 0. The van der Waals surface area contributed by atoms with Gasteiger partial charge in [0.15, 0.2) is 0 Å². The van der Waals surface area contributed by atoms with Crippen LogP contribution in [0.25, 0.3) is 0 Å². The second-order valence-corrected chi connectivity index (χ2v) is 6.34. The molecule has 0 bridgehead atoms. The number of epoxide rings is 2. The molecule has 6 nitrogen and oxygen atoms in total. The number of urea groups is 1. The molecule has 3 heterocycles. The highest BCUT2D eigenvalue weighted by Gasteiger charge is 2.54. The monoisotopic (exact) mass is 282 g/mol. The number of amides is 3. The maximum Gasteiger partial charge on any atom is 0.328 e. The largest absolute Gasteiger partial charge is 0.373 e. The van der Waals surface area contributed by atoms with Gasteiger partial charge in [-0.3, -0.25) is 9.69 Å². The minimum absolute atomic E-state index is 0.0631. The fourth-order valence-corrected chi connectivity index (χ4v) is 2.83. The van der Waals surface area contributed by atoms with Crippen LogP contribution in [0.3, 0.4) is 0 Å². The van der Waals surface area contributed by atoms with Crippen LogP contribution < -0.4 is 0 Å². The van der Waals surface area contributed by atoms with E-state index in [1.807, 2.05) is 20.8 Å². The van der Waals surface area contributed by atoms with E-state index < -0.39 is 5.54 Å². The van der Waals surface area contributed by atoms with E-state index in [2.05, 4.69) is 0 Å². The molecule has 0 radical (unpaired) electrons. The zero-order chi connectivity index (χ0) is 14.5. The molecule has 3 rings (SSSR count). The summed E-state index contributed by atoms with van der Waals surface area (Å²) in [6, 6.07) is -0.241. The van der Waals surface area contributed by atoms with Crippen molar-refractivity contribution >= 4 is 11.9 Å². The smallest absolute Gasteiger partial charge is 0.328 e. The predicted molar refractivity (Wildman–Crippen MR) is 71.2 cm³/mol. The van der Waals surface area contributed by atoms with E-state index in [0.29, 0.717) is 13.2 Å². The lowest BCUT2D eigenvalue weighted by Gasteiger charge is -2.26. The Balaban J connectivity index is 1.78. The molecule has 3 saturated heterocycles. The van der Waals surface area contributed by atoms with Crippen LogP contribution in [0.15, 0.2) is 0 Å². The molecule has 3 aliphatic heterocycles. The molecule has 3 fully saturated rings. The second-order valence-electron chi connectivity index (χ2n) is 6.34. The van der Waals surface area contributed by atoms with Gasteiger partial charge in [-0.25, -0.2) is 4.79 Å². The van der Waals surface area contributed by atoms with E-state index >= 15 is 0 Å². The lowest BCUT2D eigenvalue weighted by atomic mass is 10.0. The van der Waals surface area contributed by atoms with Crippen LogP contribution >= 0.6 is 0 Å². The van der Waals surface area contributed by atoms with Gasteiger partial charge in [-0.1, -0.05) is 6.92 Å². The molecule has 0 aromatic rings. The highest BCUT2D eigenvalue weighted by molar-refractivity contribution is 6.06. The van der Waals surface area contributed by atoms with Crippen LogP contribution in [0.5, 0.6) is 0 Å². The van der Waals surface area contributed by atoms with Crippen LogP contribution in [0.1, 0.15) is 33.6 Å². The van der Waals surface area contributed by atoms with E-state index in [4.69, 9.17) is 9.47 Å². The maximum atomic E-state index is 12.6. The van der Waals surface area contributed by atoms with E-state index in [1.165, 1.54) is 4.90 Å². The normalized spacial score (nSPS) is 32.8. The molecule has 3 aliphatic rings. The zero-order valence-electron chi connectivity index (χ0n) is 12.3. The Kier molecular flexibility index (Phi) is 3.25. The van der Waals surface area contributed by atoms with Gasteiger partial charge in [-0.2, -0.15) is 0 Å². The summed E-state index contributed by atoms with van der Waals surface area (Å²) < 4.78 is 10.4. The van der Waals surface area contributed by atoms with Gasteiger partial charge in [0.1, 0.15) is 5.54 Å². The highest BCUT2D eigenvalue weighted by Crippen LogP contribution is 2.33. The van der Waals surface area contributed by atoms with Crippen LogP contribution in [0.2, 0.25) is 0 Å². The molecule has 3 unspecified atom stereocenters. The molecule has 0 N–H and O–H groups in total. The standard InChI is InChI=1S/C14H22N2O4/c1-4-9(5-10-7-19-10)16-12(17)14(2,3)15(13(16)18)6-11-8-20-11/h9-11H,4-8H2,1-3H3. The molecule has 0 saturated carbocycles. The highest BCUT2D eigenvalue weighted by atomic mass is 16.6. The minimum atomic E-state index is -0.777. The Hall–Kier alpha value is -1.14. The van der Waals surface area contributed by atoms with Crippen LogP contribution in [-0.2, 0) is 14.3 Å². The Morgan fingerprint density at radius 2 is 1.85 bits per heavy atom. The van der Waals surface area contributed by atoms with Gasteiger partial charge in [0.2, 0.25) is 0 Å². The molecule has 20 heavy (non-hydrogen) atoms. The first kappa shape index (κ1) is 13.8. The fourth-order valence-electron chi connectivity index (χ4n) is 2.83. The summed E-state index contributed by atoms with van der Waals surface area (Å²) in [7, 11) is 0. The second kappa shape index (κ2) is 4.70. The first-order chi connectivity index (χ1) is 9.45. The van der Waals surface area contributed by atoms with E-state index in [9.17, 15) is 9.59 Å². The number of hydrogen-bond acceptors (Lipinski definition) is 4. The average molecular weight is 282 g/mol. The molecular formula is C14H22N2O4. The first-order valence-electron chi connectivity index (χ1n) is 7.33. The van der Waals surface area contributed by atoms with E-state index in [1.54, 1.807) is 4.90 Å². The number of imide groups is 1. The lowest BCUT2D eigenvalue weighted by molar-refractivity contribution is -0.133. The van der Waals surface area contributed by atoms with Crippen molar-refractivity contribution in [3.8, 4) is 0 Å². The third-order valence-electron chi connectivity index (χ3n) is 4.42. The van der Waals surface area contributed by atoms with E-state index in [0.717, 1.165) is 19.4 Å². The first-order valence-corrected chi connectivity index (χ1v) is 7.33. The van der Waals surface area contributed by atoms with Crippen molar-refractivity contribution in [2.24, 2.45) is 0 Å². The summed E-state index contributed by atoms with van der Waals surface area (Å²) >= 11 is 0. The fraction of sp³-hybridized carbons (Fsp3) is 0.857. The number of carbonyl (C=O) groups is 2. The number of nitrogens with zero attached hydrogens (tertiary/aromatic N) is 2. The SMILES string of the molecule is CCC(CC1CO1)N1C(=O)N(CC2CO2)C(C)(C)C1=O. The topological polar surface area (TPSA) is 65.7 Å². The number of rotatable bonds is 6. The third-order valence-corrected chi connectivity index (χ3v) is 4.42. The van der Waals surface area contributed by atoms with Gasteiger partial charge < -0.3 is 14.4 Å². The summed E-state index contributed by atoms with van der Waals surface area (Å²) in [4.78, 5) is 28.4. The number of hydrogen-bond donors (Lipinski definition) is 0. The number of carbonyl (C=O) groups excluding carboxylic acids is 2. The Bertz CT molecular complexity index is 429. The molecule has 112 valence electrons. The zero-order valence-corrected chi connectivity index (χ0v) is 12.3. The van der Waals surface area contributed by atoms with Crippen molar-refractivity contribution in [2.75, 3.05) is 19.8 Å². The predicted octanol–water partition coefficient (Wildman–Crippen LogP) is 0.995. The summed E-state index contributed by atoms with van der Waals surface area (Å²) in [5.41, 5.74) is -0.777. The van der Waals surface area contributed by atoms with Gasteiger partial charge in [0, 0.05) is 6.04 Å². The molecule has 3 amide bonds. The Labute approximate surface area is 119 Å². The van der Waals surface area contributed by atoms with Crippen molar-refractivity contribution in [3.63, 3.8) is 0 Å². The lowest BCUT2D eigenvalue weighted by Crippen LogP contribution is -2.46. The van der Waals surface area contributed by atoms with Crippen molar-refractivity contribution in [1.82, 2.24) is 9.80 Å². The summed E-state index contributed by atoms with van der Waals surface area (Å²) in [5.74, 6) is -0.101. The quantitative estimate of drug-likeness (QED) is 0.538. The van der Waals surface area contributed by atoms with E-state index in [-0.39, 0.29) is 30.2 Å². The minimum Gasteiger partial charge on any atom is -0.373 e. The molecule has 6 heteroatoms. The van der Waals surface area contributed by atoms with Gasteiger partial charge >= 0.3 is 6.03 Å². The van der Waals surface area contributed by atoms with Gasteiger partial charge in [-0.15, -0.1) is 0 Å². The molecule has 0 aliphatic carbocycles. The number of ether oxygens (including phenoxy) is 2. The molecule has 0 aromatic heterocycles. The molecular weight excluding hydrogens is 260 g/mol. The Morgan fingerprint density at radius 1 is 1.25 bits per heavy atom. The molecule has 3 atom stereocenters. The van der Waals surface area contributed by atoms with Crippen molar-refractivity contribution in [3.05, 3.63) is 0 Å². The van der Waals surface area contributed by atoms with Crippen molar-refractivity contribution in [2.45, 2.75) is 57.4 Å². The van der Waals surface area contributed by atoms with Crippen LogP contribution in [-0.4, -0.2) is 65.3 Å². The Morgan fingerprint density at radius 3 is 2.35 bits per heavy atom. The van der Waals surface area contributed by atoms with Gasteiger partial charge in [0.25, 0.3) is 5.91 Å². The van der Waals surface area contributed by atoms with Crippen molar-refractivity contribution < 1.29 is 19.1 Å². The molecule has 0 spiro atoms. The van der Waals surface area contributed by atoms with Gasteiger partial charge in [0.05, 0.1) is 32.0 Å². The maximum absolute atomic E-state index is 12.6. The third kappa shape index (κ3) is 2.31. The van der Waals surface area contributed by atoms with Crippen LogP contribution in [0, 0.1) is 0 Å². The summed E-state index contributed by atoms with van der Waals surface area (Å²) in [6.45, 7) is 7.57. The van der Waals surface area contributed by atoms with Crippen LogP contribution in [0.4, 0.5) is 4.79 Å². The average Bonchev–Trinajstić information content (AvgIpc) is 3.27. The van der Waals surface area contributed by atoms with Gasteiger partial charge in [-0.05, 0) is 26.7 Å². The summed E-state index contributed by atoms with van der Waals surface area (Å²) in [6.07, 6.45) is 1.82. The molecule has 0 aromatic carbocycles.